The Morgan fingerprint density at radius 2 is 2.57 bits per heavy atom. The van der Waals surface area contributed by atoms with E-state index in [4.69, 9.17) is 10.4 Å². The highest BCUT2D eigenvalue weighted by atomic mass is 16.3. The van der Waals surface area contributed by atoms with Gasteiger partial charge < -0.3 is 9.90 Å². The SMILES string of the molecule is N#CC[C@@H](O)C=O. The van der Waals surface area contributed by atoms with Crippen LogP contribution >= 0.6 is 0 Å². The molecule has 0 heterocycles. The van der Waals surface area contributed by atoms with Crippen molar-refractivity contribution in [1.82, 2.24) is 0 Å². The molecule has 0 aromatic carbocycles. The average Bonchev–Trinajstić information content (AvgIpc) is 1.68. The molecule has 0 saturated carbocycles. The first kappa shape index (κ1) is 6.12. The Morgan fingerprint density at radius 3 is 2.71 bits per heavy atom. The van der Waals surface area contributed by atoms with Crippen LogP contribution in [0.5, 0.6) is 0 Å². The molecular formula is C4H5NO2. The van der Waals surface area contributed by atoms with Crippen LogP contribution in [0.25, 0.3) is 0 Å². The van der Waals surface area contributed by atoms with Gasteiger partial charge in [0, 0.05) is 0 Å². The van der Waals surface area contributed by atoms with Crippen LogP contribution in [0.4, 0.5) is 0 Å². The third kappa shape index (κ3) is 2.94. The lowest BCUT2D eigenvalue weighted by Gasteiger charge is -1.87. The second-order valence-corrected chi connectivity index (χ2v) is 1.07. The molecule has 0 aliphatic carbocycles. The van der Waals surface area contributed by atoms with E-state index in [0.717, 1.165) is 0 Å². The second kappa shape index (κ2) is 3.32. The van der Waals surface area contributed by atoms with Gasteiger partial charge in [0.05, 0.1) is 12.5 Å². The van der Waals surface area contributed by atoms with Gasteiger partial charge in [-0.2, -0.15) is 5.26 Å². The summed E-state index contributed by atoms with van der Waals surface area (Å²) in [5.41, 5.74) is 0. The molecule has 0 amide bonds. The largest absolute Gasteiger partial charge is 0.385 e. The van der Waals surface area contributed by atoms with Gasteiger partial charge in [-0.1, -0.05) is 0 Å². The maximum atomic E-state index is 9.49. The molecule has 7 heavy (non-hydrogen) atoms. The minimum Gasteiger partial charge on any atom is -0.385 e. The van der Waals surface area contributed by atoms with Gasteiger partial charge >= 0.3 is 0 Å². The molecule has 3 nitrogen and oxygen atoms in total. The van der Waals surface area contributed by atoms with E-state index >= 15 is 0 Å². The van der Waals surface area contributed by atoms with Crippen molar-refractivity contribution in [2.24, 2.45) is 0 Å². The predicted molar refractivity (Wildman–Crippen MR) is 22.3 cm³/mol. The molecule has 0 fully saturated rings. The lowest BCUT2D eigenvalue weighted by Crippen LogP contribution is -2.04. The normalized spacial score (nSPS) is 12.0. The van der Waals surface area contributed by atoms with Crippen molar-refractivity contribution in [2.45, 2.75) is 12.5 Å². The monoisotopic (exact) mass is 99.0 g/mol. The third-order valence-electron chi connectivity index (χ3n) is 0.458. The number of carbonyl (C=O) groups excluding carboxylic acids is 1. The first-order chi connectivity index (χ1) is 3.31. The van der Waals surface area contributed by atoms with Gasteiger partial charge in [-0.15, -0.1) is 0 Å². The highest BCUT2D eigenvalue weighted by molar-refractivity contribution is 5.55. The zero-order valence-corrected chi connectivity index (χ0v) is 3.66. The Balaban J connectivity index is 3.21. The summed E-state index contributed by atoms with van der Waals surface area (Å²) < 4.78 is 0. The number of aliphatic hydroxyl groups excluding tert-OH is 1. The molecule has 0 saturated heterocycles. The van der Waals surface area contributed by atoms with E-state index in [1.807, 2.05) is 0 Å². The van der Waals surface area contributed by atoms with E-state index in [-0.39, 0.29) is 6.42 Å². The molecule has 0 radical (unpaired) electrons. The fourth-order valence-electron chi connectivity index (χ4n) is 0.142. The number of nitrogens with zero attached hydrogens (tertiary/aromatic N) is 1. The molecule has 3 heteroatoms. The molecule has 38 valence electrons. The standard InChI is InChI=1S/C4H5NO2/c5-2-1-4(7)3-6/h3-4,7H,1H2/t4-/m1/s1. The quantitative estimate of drug-likeness (QED) is 0.473. The highest BCUT2D eigenvalue weighted by Crippen LogP contribution is 1.80. The second-order valence-electron chi connectivity index (χ2n) is 1.07. The summed E-state index contributed by atoms with van der Waals surface area (Å²) in [5.74, 6) is 0. The first-order valence-electron chi connectivity index (χ1n) is 1.81. The van der Waals surface area contributed by atoms with E-state index in [1.54, 1.807) is 6.07 Å². The van der Waals surface area contributed by atoms with Crippen molar-refractivity contribution < 1.29 is 9.90 Å². The summed E-state index contributed by atoms with van der Waals surface area (Å²) in [6.07, 6.45) is -0.864. The molecule has 0 aromatic rings. The van der Waals surface area contributed by atoms with Crippen molar-refractivity contribution in [3.05, 3.63) is 0 Å². The Bertz CT molecular complexity index is 94.4. The zero-order valence-electron chi connectivity index (χ0n) is 3.66. The smallest absolute Gasteiger partial charge is 0.149 e. The van der Waals surface area contributed by atoms with Gasteiger partial charge in [0.1, 0.15) is 12.4 Å². The van der Waals surface area contributed by atoms with E-state index in [1.165, 1.54) is 0 Å². The summed E-state index contributed by atoms with van der Waals surface area (Å²) in [7, 11) is 0. The molecule has 0 aliphatic heterocycles. The number of rotatable bonds is 2. The van der Waals surface area contributed by atoms with Gasteiger partial charge in [0.25, 0.3) is 0 Å². The first-order valence-corrected chi connectivity index (χ1v) is 1.81. The summed E-state index contributed by atoms with van der Waals surface area (Å²) in [4.78, 5) is 9.49. The number of aldehydes is 1. The van der Waals surface area contributed by atoms with Crippen LogP contribution in [0.1, 0.15) is 6.42 Å². The van der Waals surface area contributed by atoms with Crippen LogP contribution in [-0.4, -0.2) is 17.5 Å². The van der Waals surface area contributed by atoms with Crippen LogP contribution in [0.15, 0.2) is 0 Å². The van der Waals surface area contributed by atoms with Gasteiger partial charge in [0.15, 0.2) is 0 Å². The van der Waals surface area contributed by atoms with Crippen LogP contribution in [0, 0.1) is 11.3 Å². The third-order valence-corrected chi connectivity index (χ3v) is 0.458. The number of hydrogen-bond donors (Lipinski definition) is 1. The molecule has 1 N–H and O–H groups in total. The van der Waals surface area contributed by atoms with Crippen molar-refractivity contribution in [1.29, 1.82) is 5.26 Å². The summed E-state index contributed by atoms with van der Waals surface area (Å²) in [6, 6.07) is 1.64. The van der Waals surface area contributed by atoms with Crippen LogP contribution in [0.2, 0.25) is 0 Å². The maximum absolute atomic E-state index is 9.49. The molecule has 0 unspecified atom stereocenters. The fraction of sp³-hybridized carbons (Fsp3) is 0.500. The summed E-state index contributed by atoms with van der Waals surface area (Å²) >= 11 is 0. The summed E-state index contributed by atoms with van der Waals surface area (Å²) in [6.45, 7) is 0. The number of aliphatic hydroxyl groups is 1. The Hall–Kier alpha value is -0.880. The zero-order chi connectivity index (χ0) is 5.70. The van der Waals surface area contributed by atoms with Crippen molar-refractivity contribution in [2.75, 3.05) is 0 Å². The average molecular weight is 99.1 g/mol. The van der Waals surface area contributed by atoms with E-state index in [0.29, 0.717) is 6.29 Å². The Kier molecular flexibility index (Phi) is 2.90. The van der Waals surface area contributed by atoms with E-state index < -0.39 is 6.10 Å². The predicted octanol–water partition coefficient (Wildman–Crippen LogP) is -0.540. The number of hydrogen-bond acceptors (Lipinski definition) is 3. The van der Waals surface area contributed by atoms with Gasteiger partial charge in [0.2, 0.25) is 0 Å². The maximum Gasteiger partial charge on any atom is 0.149 e. The Labute approximate surface area is 41.2 Å². The minimum atomic E-state index is -1.09. The number of nitriles is 1. The van der Waals surface area contributed by atoms with Crippen molar-refractivity contribution >= 4 is 6.29 Å². The van der Waals surface area contributed by atoms with Crippen LogP contribution in [-0.2, 0) is 4.79 Å². The van der Waals surface area contributed by atoms with Gasteiger partial charge in [-0.05, 0) is 0 Å². The van der Waals surface area contributed by atoms with Crippen molar-refractivity contribution in [3.8, 4) is 6.07 Å². The summed E-state index contributed by atoms with van der Waals surface area (Å²) in [5, 5.41) is 16.1. The molecule has 0 aliphatic rings. The van der Waals surface area contributed by atoms with Crippen LogP contribution in [0.3, 0.4) is 0 Å². The minimum absolute atomic E-state index is 0.108. The van der Waals surface area contributed by atoms with Crippen LogP contribution < -0.4 is 0 Å². The van der Waals surface area contributed by atoms with Gasteiger partial charge in [-0.25, -0.2) is 0 Å². The highest BCUT2D eigenvalue weighted by Gasteiger charge is 1.95. The molecule has 0 aromatic heterocycles. The fourth-order valence-corrected chi connectivity index (χ4v) is 0.142. The molecule has 1 atom stereocenters. The topological polar surface area (TPSA) is 61.1 Å². The lowest BCUT2D eigenvalue weighted by atomic mass is 10.3. The van der Waals surface area contributed by atoms with E-state index in [9.17, 15) is 4.79 Å². The Morgan fingerprint density at radius 1 is 2.00 bits per heavy atom. The van der Waals surface area contributed by atoms with Crippen molar-refractivity contribution in [3.63, 3.8) is 0 Å². The lowest BCUT2D eigenvalue weighted by molar-refractivity contribution is -0.114. The van der Waals surface area contributed by atoms with Gasteiger partial charge in [-0.3, -0.25) is 0 Å². The molecular weight excluding hydrogens is 94.0 g/mol. The molecule has 0 rings (SSSR count). The molecule has 0 spiro atoms. The van der Waals surface area contributed by atoms with E-state index in [2.05, 4.69) is 0 Å². The molecule has 0 bridgehead atoms. The number of carbonyl (C=O) groups is 1.